The van der Waals surface area contributed by atoms with Crippen LogP contribution < -0.4 is 0 Å². The van der Waals surface area contributed by atoms with E-state index in [9.17, 15) is 8.78 Å². The minimum absolute atomic E-state index is 0.0361. The zero-order valence-corrected chi connectivity index (χ0v) is 15.1. The number of fused-ring (bicyclic) bond motifs is 3. The van der Waals surface area contributed by atoms with Crippen LogP contribution >= 0.6 is 0 Å². The van der Waals surface area contributed by atoms with Crippen LogP contribution in [0.25, 0.3) is 11.1 Å². The average Bonchev–Trinajstić information content (AvgIpc) is 3.06. The zero-order valence-electron chi connectivity index (χ0n) is 15.1. The maximum Gasteiger partial charge on any atom is 0.123 e. The van der Waals surface area contributed by atoms with Crippen molar-refractivity contribution in [3.63, 3.8) is 0 Å². The lowest BCUT2D eigenvalue weighted by molar-refractivity contribution is 0.621. The van der Waals surface area contributed by atoms with Gasteiger partial charge in [0.25, 0.3) is 0 Å². The molecule has 0 saturated heterocycles. The summed E-state index contributed by atoms with van der Waals surface area (Å²) >= 11 is 0. The molecule has 0 aliphatic heterocycles. The lowest BCUT2D eigenvalue weighted by Crippen LogP contribution is -2.12. The van der Waals surface area contributed by atoms with Gasteiger partial charge in [-0.25, -0.2) is 8.78 Å². The first-order valence-electron chi connectivity index (χ1n) is 9.41. The number of halogens is 2. The van der Waals surface area contributed by atoms with Crippen LogP contribution in [0.15, 0.2) is 97.1 Å². The van der Waals surface area contributed by atoms with Crippen LogP contribution in [-0.4, -0.2) is 0 Å². The highest BCUT2D eigenvalue weighted by Gasteiger charge is 2.35. The van der Waals surface area contributed by atoms with Gasteiger partial charge >= 0.3 is 0 Å². The molecule has 136 valence electrons. The van der Waals surface area contributed by atoms with Crippen molar-refractivity contribution >= 4 is 0 Å². The summed E-state index contributed by atoms with van der Waals surface area (Å²) in [5.74, 6) is -0.461. The van der Waals surface area contributed by atoms with E-state index in [1.807, 2.05) is 24.3 Å². The van der Waals surface area contributed by atoms with Gasteiger partial charge in [-0.2, -0.15) is 0 Å². The van der Waals surface area contributed by atoms with Crippen LogP contribution in [-0.2, 0) is 0 Å². The van der Waals surface area contributed by atoms with E-state index in [0.29, 0.717) is 0 Å². The minimum atomic E-state index is -0.256. The van der Waals surface area contributed by atoms with E-state index in [1.165, 1.54) is 46.5 Å². The highest BCUT2D eigenvalue weighted by molar-refractivity contribution is 5.79. The lowest BCUT2D eigenvalue weighted by Gasteiger charge is -2.27. The Bertz CT molecular complexity index is 1040. The van der Waals surface area contributed by atoms with Crippen LogP contribution in [0.1, 0.15) is 34.1 Å². The van der Waals surface area contributed by atoms with Gasteiger partial charge in [-0.05, 0) is 57.6 Å². The van der Waals surface area contributed by atoms with Crippen LogP contribution in [0.5, 0.6) is 0 Å². The number of rotatable bonds is 3. The Kier molecular flexibility index (Phi) is 4.05. The van der Waals surface area contributed by atoms with Gasteiger partial charge in [0.1, 0.15) is 11.6 Å². The Morgan fingerprint density at radius 2 is 0.893 bits per heavy atom. The smallest absolute Gasteiger partial charge is 0.123 e. The van der Waals surface area contributed by atoms with E-state index < -0.39 is 0 Å². The predicted octanol–water partition coefficient (Wildman–Crippen LogP) is 6.91. The Hall–Kier alpha value is -3.26. The van der Waals surface area contributed by atoms with Gasteiger partial charge < -0.3 is 0 Å². The minimum Gasteiger partial charge on any atom is -0.207 e. The third kappa shape index (κ3) is 2.73. The second-order valence-corrected chi connectivity index (χ2v) is 7.23. The molecule has 0 atom stereocenters. The monoisotopic (exact) mass is 368 g/mol. The molecule has 0 spiro atoms. The molecule has 0 saturated carbocycles. The summed E-state index contributed by atoms with van der Waals surface area (Å²) in [6.45, 7) is 0. The molecule has 4 aromatic rings. The summed E-state index contributed by atoms with van der Waals surface area (Å²) in [7, 11) is 0. The number of hydrogen-bond donors (Lipinski definition) is 0. The quantitative estimate of drug-likeness (QED) is 0.369. The molecule has 0 amide bonds. The van der Waals surface area contributed by atoms with Crippen molar-refractivity contribution in [1.82, 2.24) is 0 Å². The molecule has 0 N–H and O–H groups in total. The molecular weight excluding hydrogens is 350 g/mol. The first-order valence-corrected chi connectivity index (χ1v) is 9.41. The van der Waals surface area contributed by atoms with E-state index in [4.69, 9.17) is 0 Å². The molecule has 1 aliphatic rings. The Balaban J connectivity index is 1.75. The van der Waals surface area contributed by atoms with Gasteiger partial charge in [0, 0.05) is 11.8 Å². The van der Waals surface area contributed by atoms with Gasteiger partial charge in [-0.1, -0.05) is 72.8 Å². The van der Waals surface area contributed by atoms with Gasteiger partial charge in [0.2, 0.25) is 0 Å². The van der Waals surface area contributed by atoms with Gasteiger partial charge in [0.05, 0.1) is 0 Å². The fourth-order valence-electron chi connectivity index (χ4n) is 4.47. The van der Waals surface area contributed by atoms with E-state index in [1.54, 1.807) is 0 Å². The van der Waals surface area contributed by atoms with Crippen molar-refractivity contribution in [1.29, 1.82) is 0 Å². The van der Waals surface area contributed by atoms with Crippen molar-refractivity contribution in [3.05, 3.63) is 131 Å². The van der Waals surface area contributed by atoms with Crippen molar-refractivity contribution in [2.24, 2.45) is 0 Å². The predicted molar refractivity (Wildman–Crippen MR) is 108 cm³/mol. The molecule has 5 rings (SSSR count). The third-order valence-corrected chi connectivity index (χ3v) is 5.67. The molecule has 2 heteroatoms. The number of benzene rings is 4. The third-order valence-electron chi connectivity index (χ3n) is 5.67. The fourth-order valence-corrected chi connectivity index (χ4v) is 4.47. The highest BCUT2D eigenvalue weighted by Crippen LogP contribution is 2.52. The first kappa shape index (κ1) is 16.9. The van der Waals surface area contributed by atoms with Crippen molar-refractivity contribution in [2.45, 2.75) is 11.8 Å². The summed E-state index contributed by atoms with van der Waals surface area (Å²) in [5, 5.41) is 0. The highest BCUT2D eigenvalue weighted by atomic mass is 19.1. The van der Waals surface area contributed by atoms with Crippen molar-refractivity contribution in [2.75, 3.05) is 0 Å². The van der Waals surface area contributed by atoms with Crippen molar-refractivity contribution < 1.29 is 8.78 Å². The topological polar surface area (TPSA) is 0 Å². The SMILES string of the molecule is Fc1ccc(C(c2ccc(F)cc2)C2c3ccccc3-c3ccccc32)cc1. The van der Waals surface area contributed by atoms with E-state index in [2.05, 4.69) is 48.5 Å². The molecule has 4 aromatic carbocycles. The summed E-state index contributed by atoms with van der Waals surface area (Å²) in [6, 6.07) is 30.2. The van der Waals surface area contributed by atoms with Crippen LogP contribution in [0.4, 0.5) is 8.78 Å². The average molecular weight is 368 g/mol. The largest absolute Gasteiger partial charge is 0.207 e. The molecule has 28 heavy (non-hydrogen) atoms. The van der Waals surface area contributed by atoms with Crippen molar-refractivity contribution in [3.8, 4) is 11.1 Å². The summed E-state index contributed by atoms with van der Waals surface area (Å²) in [6.07, 6.45) is 0. The molecule has 0 bridgehead atoms. The molecule has 0 nitrogen and oxygen atoms in total. The molecule has 0 unspecified atom stereocenters. The maximum absolute atomic E-state index is 13.6. The molecule has 0 radical (unpaired) electrons. The van der Waals surface area contributed by atoms with E-state index >= 15 is 0 Å². The second-order valence-electron chi connectivity index (χ2n) is 7.23. The zero-order chi connectivity index (χ0) is 19.1. The molecule has 0 heterocycles. The second kappa shape index (κ2) is 6.72. The summed E-state index contributed by atoms with van der Waals surface area (Å²) in [5.41, 5.74) is 7.01. The van der Waals surface area contributed by atoms with Gasteiger partial charge in [0.15, 0.2) is 0 Å². The summed E-state index contributed by atoms with van der Waals surface area (Å²) in [4.78, 5) is 0. The van der Waals surface area contributed by atoms with E-state index in [0.717, 1.165) is 11.1 Å². The molecule has 1 aliphatic carbocycles. The standard InChI is InChI=1S/C26H18F2/c27-19-13-9-17(10-14-19)25(18-11-15-20(28)16-12-18)26-23-7-3-1-5-21(23)22-6-2-4-8-24(22)26/h1-16,25-26H. The van der Waals surface area contributed by atoms with Gasteiger partial charge in [-0.15, -0.1) is 0 Å². The molecule has 0 fully saturated rings. The normalized spacial score (nSPS) is 12.8. The Labute approximate surface area is 163 Å². The molecule has 0 aromatic heterocycles. The summed E-state index contributed by atoms with van der Waals surface area (Å²) < 4.78 is 27.2. The van der Waals surface area contributed by atoms with Crippen LogP contribution in [0.3, 0.4) is 0 Å². The maximum atomic E-state index is 13.6. The fraction of sp³-hybridized carbons (Fsp3) is 0.0769. The van der Waals surface area contributed by atoms with Crippen LogP contribution in [0.2, 0.25) is 0 Å². The van der Waals surface area contributed by atoms with Crippen LogP contribution in [0, 0.1) is 11.6 Å². The Morgan fingerprint density at radius 3 is 1.32 bits per heavy atom. The molecular formula is C26H18F2. The van der Waals surface area contributed by atoms with Gasteiger partial charge in [-0.3, -0.25) is 0 Å². The first-order chi connectivity index (χ1) is 13.7. The lowest BCUT2D eigenvalue weighted by atomic mass is 9.76. The number of hydrogen-bond acceptors (Lipinski definition) is 0. The Morgan fingerprint density at radius 1 is 0.500 bits per heavy atom. The van der Waals surface area contributed by atoms with E-state index in [-0.39, 0.29) is 23.5 Å².